The first-order valence-electron chi connectivity index (χ1n) is 19.5. The van der Waals surface area contributed by atoms with Crippen LogP contribution in [0, 0.1) is 0 Å². The molecule has 0 aliphatic rings. The Hall–Kier alpha value is -7.47. The standard InChI is InChI=1S/C53H32N4S/c1-3-14-33(15-4-1)34-26-28-36(29-27-34)52-54-51(35-16-5-2-6-17-35)55-53(56-52)44-32-43-40-21-10-12-25-48(40)58-50(43)49-41(44)22-13-24-46(49)57-45-23-11-9-20-39(45)42-30-37-18-7-8-19-38(37)31-47(42)57/h1-32H. The molecule has 3 aromatic heterocycles. The molecule has 12 aromatic rings. The molecular weight excluding hydrogens is 725 g/mol. The lowest BCUT2D eigenvalue weighted by atomic mass is 9.98. The number of hydrogen-bond donors (Lipinski definition) is 0. The summed E-state index contributed by atoms with van der Waals surface area (Å²) in [5.74, 6) is 1.92. The van der Waals surface area contributed by atoms with Crippen LogP contribution < -0.4 is 0 Å². The highest BCUT2D eigenvalue weighted by Gasteiger charge is 2.22. The zero-order valence-corrected chi connectivity index (χ0v) is 32.0. The van der Waals surface area contributed by atoms with Crippen molar-refractivity contribution in [3.8, 4) is 51.0 Å². The number of rotatable bonds is 5. The molecule has 0 saturated carbocycles. The molecule has 0 spiro atoms. The highest BCUT2D eigenvalue weighted by molar-refractivity contribution is 7.26. The van der Waals surface area contributed by atoms with E-state index in [0.29, 0.717) is 17.5 Å². The van der Waals surface area contributed by atoms with E-state index in [4.69, 9.17) is 15.0 Å². The molecule has 9 aromatic carbocycles. The molecule has 0 bridgehead atoms. The van der Waals surface area contributed by atoms with Gasteiger partial charge in [-0.05, 0) is 63.7 Å². The molecular formula is C53H32N4S. The van der Waals surface area contributed by atoms with Crippen molar-refractivity contribution < 1.29 is 0 Å². The van der Waals surface area contributed by atoms with E-state index in [1.54, 1.807) is 0 Å². The number of para-hydroxylation sites is 1. The molecule has 0 fully saturated rings. The third-order valence-electron chi connectivity index (χ3n) is 11.4. The summed E-state index contributed by atoms with van der Waals surface area (Å²) in [5.41, 5.74) is 8.65. The quantitative estimate of drug-likeness (QED) is 0.176. The van der Waals surface area contributed by atoms with E-state index in [1.807, 2.05) is 35.6 Å². The summed E-state index contributed by atoms with van der Waals surface area (Å²) in [4.78, 5) is 15.7. The van der Waals surface area contributed by atoms with E-state index in [-0.39, 0.29) is 0 Å². The van der Waals surface area contributed by atoms with E-state index in [1.165, 1.54) is 63.7 Å². The van der Waals surface area contributed by atoms with Crippen LogP contribution >= 0.6 is 11.3 Å². The van der Waals surface area contributed by atoms with Crippen molar-refractivity contribution in [3.05, 3.63) is 194 Å². The molecule has 58 heavy (non-hydrogen) atoms. The molecule has 0 aliphatic heterocycles. The fraction of sp³-hybridized carbons (Fsp3) is 0. The van der Waals surface area contributed by atoms with Crippen molar-refractivity contribution in [1.29, 1.82) is 0 Å². The maximum Gasteiger partial charge on any atom is 0.164 e. The summed E-state index contributed by atoms with van der Waals surface area (Å²) in [6.07, 6.45) is 0. The molecule has 0 atom stereocenters. The number of aromatic nitrogens is 4. The summed E-state index contributed by atoms with van der Waals surface area (Å²) in [7, 11) is 0. The number of nitrogens with zero attached hydrogens (tertiary/aromatic N) is 4. The highest BCUT2D eigenvalue weighted by Crippen LogP contribution is 2.46. The van der Waals surface area contributed by atoms with Crippen LogP contribution in [0.15, 0.2) is 194 Å². The van der Waals surface area contributed by atoms with Gasteiger partial charge in [-0.25, -0.2) is 15.0 Å². The Labute approximate surface area is 338 Å². The van der Waals surface area contributed by atoms with Gasteiger partial charge in [0.15, 0.2) is 17.5 Å². The van der Waals surface area contributed by atoms with Crippen LogP contribution in [-0.2, 0) is 0 Å². The number of hydrogen-bond acceptors (Lipinski definition) is 4. The van der Waals surface area contributed by atoms with Gasteiger partial charge in [-0.3, -0.25) is 0 Å². The molecule has 4 nitrogen and oxygen atoms in total. The van der Waals surface area contributed by atoms with Gasteiger partial charge in [-0.1, -0.05) is 158 Å². The fourth-order valence-electron chi connectivity index (χ4n) is 8.69. The van der Waals surface area contributed by atoms with Gasteiger partial charge in [0.25, 0.3) is 0 Å². The van der Waals surface area contributed by atoms with E-state index >= 15 is 0 Å². The van der Waals surface area contributed by atoms with Crippen molar-refractivity contribution >= 4 is 74.9 Å². The Morgan fingerprint density at radius 2 is 0.931 bits per heavy atom. The van der Waals surface area contributed by atoms with Gasteiger partial charge in [-0.2, -0.15) is 0 Å². The van der Waals surface area contributed by atoms with Crippen LogP contribution in [0.3, 0.4) is 0 Å². The van der Waals surface area contributed by atoms with Crippen molar-refractivity contribution in [1.82, 2.24) is 19.5 Å². The summed E-state index contributed by atoms with van der Waals surface area (Å²) in [5, 5.41) is 9.62. The Morgan fingerprint density at radius 1 is 0.362 bits per heavy atom. The van der Waals surface area contributed by atoms with Crippen LogP contribution in [-0.4, -0.2) is 19.5 Å². The Bertz CT molecular complexity index is 3550. The maximum atomic E-state index is 5.32. The van der Waals surface area contributed by atoms with Crippen LogP contribution in [0.5, 0.6) is 0 Å². The zero-order chi connectivity index (χ0) is 38.2. The highest BCUT2D eigenvalue weighted by atomic mass is 32.1. The molecule has 0 saturated heterocycles. The van der Waals surface area contributed by atoms with Gasteiger partial charge in [0.2, 0.25) is 0 Å². The fourth-order valence-corrected chi connectivity index (χ4v) is 9.94. The lowest BCUT2D eigenvalue weighted by Crippen LogP contribution is -2.01. The lowest BCUT2D eigenvalue weighted by molar-refractivity contribution is 1.08. The smallest absolute Gasteiger partial charge is 0.164 e. The molecule has 0 N–H and O–H groups in total. The topological polar surface area (TPSA) is 43.6 Å². The van der Waals surface area contributed by atoms with Gasteiger partial charge in [0, 0.05) is 53.0 Å². The molecule has 12 rings (SSSR count). The van der Waals surface area contributed by atoms with E-state index in [9.17, 15) is 0 Å². The Morgan fingerprint density at radius 3 is 1.71 bits per heavy atom. The van der Waals surface area contributed by atoms with Gasteiger partial charge in [-0.15, -0.1) is 11.3 Å². The minimum absolute atomic E-state index is 0.636. The van der Waals surface area contributed by atoms with Crippen LogP contribution in [0.1, 0.15) is 0 Å². The summed E-state index contributed by atoms with van der Waals surface area (Å²) in [6, 6.07) is 69.1. The first-order valence-corrected chi connectivity index (χ1v) is 20.3. The summed E-state index contributed by atoms with van der Waals surface area (Å²) in [6.45, 7) is 0. The van der Waals surface area contributed by atoms with Crippen molar-refractivity contribution in [2.45, 2.75) is 0 Å². The van der Waals surface area contributed by atoms with Crippen LogP contribution in [0.4, 0.5) is 0 Å². The first-order chi connectivity index (χ1) is 28.7. The molecule has 3 heterocycles. The SMILES string of the molecule is c1ccc(-c2ccc(-c3nc(-c4ccccc4)nc(-c4cc5c6ccccc6sc5c5c(-n6c7ccccc7c7cc8ccccc8cc76)cccc45)n3)cc2)cc1. The molecule has 5 heteroatoms. The zero-order valence-electron chi connectivity index (χ0n) is 31.2. The van der Waals surface area contributed by atoms with Gasteiger partial charge in [0.05, 0.1) is 16.7 Å². The number of benzene rings is 9. The van der Waals surface area contributed by atoms with E-state index in [0.717, 1.165) is 33.3 Å². The minimum atomic E-state index is 0.636. The molecule has 0 amide bonds. The molecule has 0 aliphatic carbocycles. The predicted octanol–water partition coefficient (Wildman–Crippen LogP) is 14.3. The number of thiophene rings is 1. The van der Waals surface area contributed by atoms with E-state index in [2.05, 4.69) is 174 Å². The maximum absolute atomic E-state index is 5.32. The second-order valence-corrected chi connectivity index (χ2v) is 15.8. The van der Waals surface area contributed by atoms with Crippen molar-refractivity contribution in [3.63, 3.8) is 0 Å². The first kappa shape index (κ1) is 32.7. The van der Waals surface area contributed by atoms with Gasteiger partial charge in [0.1, 0.15) is 0 Å². The Kier molecular flexibility index (Phi) is 7.37. The van der Waals surface area contributed by atoms with Crippen molar-refractivity contribution in [2.75, 3.05) is 0 Å². The Balaban J connectivity index is 1.16. The average molecular weight is 757 g/mol. The molecule has 0 unspecified atom stereocenters. The average Bonchev–Trinajstić information content (AvgIpc) is 3.83. The monoisotopic (exact) mass is 756 g/mol. The minimum Gasteiger partial charge on any atom is -0.309 e. The molecule has 0 radical (unpaired) electrons. The third-order valence-corrected chi connectivity index (χ3v) is 12.6. The van der Waals surface area contributed by atoms with Gasteiger partial charge >= 0.3 is 0 Å². The van der Waals surface area contributed by atoms with Crippen LogP contribution in [0.2, 0.25) is 0 Å². The normalized spacial score (nSPS) is 11.8. The summed E-state index contributed by atoms with van der Waals surface area (Å²) >= 11 is 1.85. The molecule has 270 valence electrons. The van der Waals surface area contributed by atoms with Crippen LogP contribution in [0.25, 0.3) is 115 Å². The predicted molar refractivity (Wildman–Crippen MR) is 244 cm³/mol. The second kappa shape index (κ2) is 13.1. The van der Waals surface area contributed by atoms with E-state index < -0.39 is 0 Å². The second-order valence-electron chi connectivity index (χ2n) is 14.8. The lowest BCUT2D eigenvalue weighted by Gasteiger charge is -2.16. The van der Waals surface area contributed by atoms with Gasteiger partial charge < -0.3 is 4.57 Å². The third kappa shape index (κ3) is 5.18. The largest absolute Gasteiger partial charge is 0.309 e. The number of fused-ring (bicyclic) bond motifs is 9. The summed E-state index contributed by atoms with van der Waals surface area (Å²) < 4.78 is 4.96. The van der Waals surface area contributed by atoms with Crippen molar-refractivity contribution in [2.24, 2.45) is 0 Å².